The third-order valence-electron chi connectivity index (χ3n) is 3.99. The van der Waals surface area contributed by atoms with Gasteiger partial charge in [0.05, 0.1) is 5.75 Å². The van der Waals surface area contributed by atoms with Crippen LogP contribution >= 0.6 is 0 Å². The fourth-order valence-electron chi connectivity index (χ4n) is 2.38. The number of sulfone groups is 1. The van der Waals surface area contributed by atoms with Crippen LogP contribution in [-0.2, 0) is 21.2 Å². The molecule has 2 rings (SSSR count). The number of benzene rings is 1. The number of amides is 1. The van der Waals surface area contributed by atoms with Crippen molar-refractivity contribution in [2.45, 2.75) is 13.5 Å². The highest BCUT2D eigenvalue weighted by molar-refractivity contribution is 7.91. The first kappa shape index (κ1) is 17.7. The minimum absolute atomic E-state index is 0.179. The molecule has 0 bridgehead atoms. The van der Waals surface area contributed by atoms with Crippen molar-refractivity contribution in [2.24, 2.45) is 0 Å². The van der Waals surface area contributed by atoms with Gasteiger partial charge in [0.1, 0.15) is 6.61 Å². The van der Waals surface area contributed by atoms with E-state index >= 15 is 0 Å². The standard InChI is InChI=1S/C16H24N2O4S/c1-2-23(20,21)13-12-17-8-10-18(11-9-17)16(19)22-14-15-6-4-3-5-7-15/h3-7H,2,8-14H2,1H3. The summed E-state index contributed by atoms with van der Waals surface area (Å²) in [4.78, 5) is 15.8. The average molecular weight is 340 g/mol. The second kappa shape index (κ2) is 8.31. The van der Waals surface area contributed by atoms with E-state index in [1.54, 1.807) is 11.8 Å². The largest absolute Gasteiger partial charge is 0.445 e. The molecule has 1 aliphatic rings. The molecule has 0 aromatic heterocycles. The van der Waals surface area contributed by atoms with Crippen LogP contribution in [0.3, 0.4) is 0 Å². The first-order valence-corrected chi connectivity index (χ1v) is 9.71. The van der Waals surface area contributed by atoms with Crippen LogP contribution in [0.2, 0.25) is 0 Å². The maximum atomic E-state index is 12.0. The van der Waals surface area contributed by atoms with E-state index in [4.69, 9.17) is 4.74 Å². The van der Waals surface area contributed by atoms with E-state index < -0.39 is 9.84 Å². The Hall–Kier alpha value is -1.60. The highest BCUT2D eigenvalue weighted by Crippen LogP contribution is 2.07. The molecule has 0 atom stereocenters. The van der Waals surface area contributed by atoms with Crippen molar-refractivity contribution in [3.05, 3.63) is 35.9 Å². The van der Waals surface area contributed by atoms with Gasteiger partial charge in [-0.15, -0.1) is 0 Å². The Labute approximate surface area is 137 Å². The SMILES string of the molecule is CCS(=O)(=O)CCN1CCN(C(=O)OCc2ccccc2)CC1. The summed E-state index contributed by atoms with van der Waals surface area (Å²) in [6.07, 6.45) is -0.310. The molecule has 1 fully saturated rings. The summed E-state index contributed by atoms with van der Waals surface area (Å²) in [5.41, 5.74) is 0.962. The number of hydrogen-bond donors (Lipinski definition) is 0. The molecule has 6 nitrogen and oxygen atoms in total. The molecule has 128 valence electrons. The lowest BCUT2D eigenvalue weighted by atomic mass is 10.2. The van der Waals surface area contributed by atoms with Crippen molar-refractivity contribution < 1.29 is 17.9 Å². The maximum Gasteiger partial charge on any atom is 0.410 e. The topological polar surface area (TPSA) is 66.9 Å². The van der Waals surface area contributed by atoms with Crippen LogP contribution in [0.5, 0.6) is 0 Å². The zero-order valence-electron chi connectivity index (χ0n) is 13.5. The molecule has 0 saturated carbocycles. The molecule has 0 radical (unpaired) electrons. The van der Waals surface area contributed by atoms with Crippen LogP contribution in [0.25, 0.3) is 0 Å². The summed E-state index contributed by atoms with van der Waals surface area (Å²) < 4.78 is 28.4. The Balaban J connectivity index is 1.70. The Morgan fingerprint density at radius 1 is 1.13 bits per heavy atom. The molecule has 7 heteroatoms. The van der Waals surface area contributed by atoms with Crippen molar-refractivity contribution >= 4 is 15.9 Å². The number of piperazine rings is 1. The first-order chi connectivity index (χ1) is 11.0. The summed E-state index contributed by atoms with van der Waals surface area (Å²) >= 11 is 0. The monoisotopic (exact) mass is 340 g/mol. The quantitative estimate of drug-likeness (QED) is 0.782. The van der Waals surface area contributed by atoms with Gasteiger partial charge in [-0.25, -0.2) is 13.2 Å². The molecule has 1 amide bonds. The summed E-state index contributed by atoms with van der Waals surface area (Å²) in [6, 6.07) is 9.57. The van der Waals surface area contributed by atoms with Gasteiger partial charge in [0.15, 0.2) is 9.84 Å². The van der Waals surface area contributed by atoms with E-state index in [0.29, 0.717) is 32.7 Å². The van der Waals surface area contributed by atoms with E-state index in [1.807, 2.05) is 30.3 Å². The van der Waals surface area contributed by atoms with E-state index in [0.717, 1.165) is 5.56 Å². The summed E-state index contributed by atoms with van der Waals surface area (Å²) in [5.74, 6) is 0.362. The van der Waals surface area contributed by atoms with Gasteiger partial charge in [-0.1, -0.05) is 37.3 Å². The van der Waals surface area contributed by atoms with Crippen molar-refractivity contribution in [1.29, 1.82) is 0 Å². The smallest absolute Gasteiger partial charge is 0.410 e. The van der Waals surface area contributed by atoms with E-state index in [9.17, 15) is 13.2 Å². The van der Waals surface area contributed by atoms with Gasteiger partial charge in [-0.3, -0.25) is 4.90 Å². The second-order valence-corrected chi connectivity index (χ2v) is 8.08. The van der Waals surface area contributed by atoms with Gasteiger partial charge in [-0.2, -0.15) is 0 Å². The highest BCUT2D eigenvalue weighted by atomic mass is 32.2. The lowest BCUT2D eigenvalue weighted by Crippen LogP contribution is -2.49. The third-order valence-corrected chi connectivity index (χ3v) is 5.68. The highest BCUT2D eigenvalue weighted by Gasteiger charge is 2.23. The molecule has 1 aromatic carbocycles. The summed E-state index contributed by atoms with van der Waals surface area (Å²) in [6.45, 7) is 4.96. The Bertz CT molecular complexity index is 596. The molecule has 23 heavy (non-hydrogen) atoms. The Morgan fingerprint density at radius 2 is 1.78 bits per heavy atom. The van der Waals surface area contributed by atoms with Crippen LogP contribution in [0.4, 0.5) is 4.79 Å². The van der Waals surface area contributed by atoms with Crippen molar-refractivity contribution in [3.8, 4) is 0 Å². The van der Waals surface area contributed by atoms with E-state index in [2.05, 4.69) is 4.90 Å². The molecule has 0 spiro atoms. The summed E-state index contributed by atoms with van der Waals surface area (Å²) in [7, 11) is -2.93. The van der Waals surface area contributed by atoms with Gasteiger partial charge in [0.25, 0.3) is 0 Å². The fourth-order valence-corrected chi connectivity index (χ4v) is 3.20. The van der Waals surface area contributed by atoms with Crippen LogP contribution in [0.15, 0.2) is 30.3 Å². The number of hydrogen-bond acceptors (Lipinski definition) is 5. The van der Waals surface area contributed by atoms with Gasteiger partial charge in [0, 0.05) is 38.5 Å². The van der Waals surface area contributed by atoms with Gasteiger partial charge in [0.2, 0.25) is 0 Å². The Morgan fingerprint density at radius 3 is 2.39 bits per heavy atom. The minimum Gasteiger partial charge on any atom is -0.445 e. The van der Waals surface area contributed by atoms with E-state index in [-0.39, 0.29) is 24.2 Å². The summed E-state index contributed by atoms with van der Waals surface area (Å²) in [5, 5.41) is 0. The molecular weight excluding hydrogens is 316 g/mol. The van der Waals surface area contributed by atoms with Crippen molar-refractivity contribution in [3.63, 3.8) is 0 Å². The molecule has 1 aliphatic heterocycles. The molecule has 0 unspecified atom stereocenters. The molecular formula is C16H24N2O4S. The third kappa shape index (κ3) is 5.84. The molecule has 1 aromatic rings. The van der Waals surface area contributed by atoms with Gasteiger partial charge < -0.3 is 9.64 Å². The average Bonchev–Trinajstić information content (AvgIpc) is 2.59. The van der Waals surface area contributed by atoms with Crippen LogP contribution in [0.1, 0.15) is 12.5 Å². The lowest BCUT2D eigenvalue weighted by molar-refractivity contribution is 0.0730. The fraction of sp³-hybridized carbons (Fsp3) is 0.562. The first-order valence-electron chi connectivity index (χ1n) is 7.88. The zero-order valence-corrected chi connectivity index (χ0v) is 14.3. The Kier molecular flexibility index (Phi) is 6.41. The normalized spacial score (nSPS) is 16.3. The predicted octanol–water partition coefficient (Wildman–Crippen LogP) is 1.38. The molecule has 0 aliphatic carbocycles. The maximum absolute atomic E-state index is 12.0. The minimum atomic E-state index is -2.93. The van der Waals surface area contributed by atoms with Gasteiger partial charge >= 0.3 is 6.09 Å². The van der Waals surface area contributed by atoms with Crippen molar-refractivity contribution in [1.82, 2.24) is 9.80 Å². The lowest BCUT2D eigenvalue weighted by Gasteiger charge is -2.33. The van der Waals surface area contributed by atoms with Gasteiger partial charge in [-0.05, 0) is 5.56 Å². The van der Waals surface area contributed by atoms with Crippen LogP contribution < -0.4 is 0 Å². The molecule has 1 heterocycles. The van der Waals surface area contributed by atoms with E-state index in [1.165, 1.54) is 0 Å². The number of rotatable bonds is 6. The number of ether oxygens (including phenoxy) is 1. The molecule has 1 saturated heterocycles. The van der Waals surface area contributed by atoms with Crippen molar-refractivity contribution in [2.75, 3.05) is 44.2 Å². The zero-order chi connectivity index (χ0) is 16.7. The predicted molar refractivity (Wildman–Crippen MR) is 89.0 cm³/mol. The number of carbonyl (C=O) groups is 1. The van der Waals surface area contributed by atoms with Crippen LogP contribution in [-0.4, -0.2) is 68.5 Å². The van der Waals surface area contributed by atoms with Crippen LogP contribution in [0, 0.1) is 0 Å². The molecule has 0 N–H and O–H groups in total. The second-order valence-electron chi connectivity index (χ2n) is 5.61. The number of nitrogens with zero attached hydrogens (tertiary/aromatic N) is 2. The number of carbonyl (C=O) groups excluding carboxylic acids is 1.